The van der Waals surface area contributed by atoms with Gasteiger partial charge >= 0.3 is 0 Å². The Morgan fingerprint density at radius 1 is 1.09 bits per heavy atom. The maximum Gasteiger partial charge on any atom is 0.239 e. The van der Waals surface area contributed by atoms with Crippen molar-refractivity contribution in [1.29, 1.82) is 0 Å². The van der Waals surface area contributed by atoms with Gasteiger partial charge in [0.25, 0.3) is 0 Å². The van der Waals surface area contributed by atoms with Gasteiger partial charge in [-0.15, -0.1) is 11.8 Å². The second kappa shape index (κ2) is 7.24. The van der Waals surface area contributed by atoms with E-state index in [-0.39, 0.29) is 11.2 Å². The van der Waals surface area contributed by atoms with Crippen LogP contribution in [0.15, 0.2) is 60.9 Å². The number of amides is 1. The van der Waals surface area contributed by atoms with Crippen LogP contribution in [0, 0.1) is 0 Å². The molecule has 0 unspecified atom stereocenters. The molecule has 0 spiro atoms. The van der Waals surface area contributed by atoms with Crippen molar-refractivity contribution in [3.63, 3.8) is 0 Å². The fourth-order valence-corrected chi connectivity index (χ4v) is 3.18. The third kappa shape index (κ3) is 3.87. The van der Waals surface area contributed by atoms with Crippen molar-refractivity contribution in [2.24, 2.45) is 0 Å². The minimum atomic E-state index is -0.183. The van der Waals surface area contributed by atoms with Crippen LogP contribution in [0.5, 0.6) is 0 Å². The third-order valence-corrected chi connectivity index (χ3v) is 4.73. The molecule has 2 aromatic carbocycles. The summed E-state index contributed by atoms with van der Waals surface area (Å²) in [6.45, 7) is 1.90. The van der Waals surface area contributed by atoms with Gasteiger partial charge in [-0.25, -0.2) is 9.97 Å². The molecule has 0 aliphatic heterocycles. The van der Waals surface area contributed by atoms with Crippen LogP contribution in [0.3, 0.4) is 0 Å². The minimum Gasteiger partial charge on any atom is -0.294 e. The number of carbonyl (C=O) groups excluding carboxylic acids is 1. The van der Waals surface area contributed by atoms with E-state index in [2.05, 4.69) is 45.6 Å². The van der Waals surface area contributed by atoms with Gasteiger partial charge in [-0.05, 0) is 29.3 Å². The van der Waals surface area contributed by atoms with E-state index in [9.17, 15) is 4.79 Å². The number of anilines is 1. The average molecular weight is 323 g/mol. The van der Waals surface area contributed by atoms with Crippen LogP contribution in [0.1, 0.15) is 12.5 Å². The standard InChI is InChI=1S/C18H17N3OS/c1-13(17(22)21-18-19-10-5-11-20-18)23-12-15-8-4-7-14-6-2-3-9-16(14)15/h2-11,13H,12H2,1H3,(H,19,20,21,22)/t13-/m0/s1. The van der Waals surface area contributed by atoms with Crippen LogP contribution < -0.4 is 5.32 Å². The maximum absolute atomic E-state index is 12.2. The molecule has 0 aliphatic rings. The Balaban J connectivity index is 1.64. The number of hydrogen-bond acceptors (Lipinski definition) is 4. The summed E-state index contributed by atoms with van der Waals surface area (Å²) in [5, 5.41) is 5.01. The lowest BCUT2D eigenvalue weighted by Gasteiger charge is -2.12. The molecule has 0 aliphatic carbocycles. The summed E-state index contributed by atoms with van der Waals surface area (Å²) in [5.74, 6) is 1.04. The molecule has 5 heteroatoms. The molecule has 0 bridgehead atoms. The number of carbonyl (C=O) groups is 1. The highest BCUT2D eigenvalue weighted by atomic mass is 32.2. The lowest BCUT2D eigenvalue weighted by atomic mass is 10.1. The number of hydrogen-bond donors (Lipinski definition) is 1. The van der Waals surface area contributed by atoms with Gasteiger partial charge in [0, 0.05) is 18.1 Å². The summed E-state index contributed by atoms with van der Waals surface area (Å²) in [5.41, 5.74) is 1.24. The van der Waals surface area contributed by atoms with Gasteiger partial charge in [0.1, 0.15) is 0 Å². The predicted octanol–water partition coefficient (Wildman–Crippen LogP) is 3.89. The van der Waals surface area contributed by atoms with Crippen molar-refractivity contribution in [2.75, 3.05) is 5.32 Å². The molecule has 1 aromatic heterocycles. The molecule has 1 amide bonds. The van der Waals surface area contributed by atoms with Gasteiger partial charge in [0.05, 0.1) is 5.25 Å². The highest BCUT2D eigenvalue weighted by molar-refractivity contribution is 7.99. The fourth-order valence-electron chi connectivity index (χ4n) is 2.28. The van der Waals surface area contributed by atoms with Gasteiger partial charge in [-0.3, -0.25) is 10.1 Å². The molecule has 4 nitrogen and oxygen atoms in total. The van der Waals surface area contributed by atoms with Crippen LogP contribution in [-0.2, 0) is 10.5 Å². The third-order valence-electron chi connectivity index (χ3n) is 3.54. The van der Waals surface area contributed by atoms with E-state index >= 15 is 0 Å². The molecule has 1 heterocycles. The Kier molecular flexibility index (Phi) is 4.88. The van der Waals surface area contributed by atoms with Crippen molar-refractivity contribution >= 4 is 34.4 Å². The normalized spacial score (nSPS) is 12.0. The molecule has 0 fully saturated rings. The van der Waals surface area contributed by atoms with Crippen LogP contribution in [0.2, 0.25) is 0 Å². The number of nitrogens with zero attached hydrogens (tertiary/aromatic N) is 2. The molecule has 23 heavy (non-hydrogen) atoms. The number of rotatable bonds is 5. The number of nitrogens with one attached hydrogen (secondary N) is 1. The molecule has 0 saturated carbocycles. The lowest BCUT2D eigenvalue weighted by Crippen LogP contribution is -2.23. The number of thioether (sulfide) groups is 1. The van der Waals surface area contributed by atoms with Gasteiger partial charge in [0.15, 0.2) is 0 Å². The van der Waals surface area contributed by atoms with Crippen molar-refractivity contribution in [3.05, 3.63) is 66.5 Å². The Hall–Kier alpha value is -2.40. The molecule has 0 radical (unpaired) electrons. The van der Waals surface area contributed by atoms with E-state index < -0.39 is 0 Å². The van der Waals surface area contributed by atoms with Crippen molar-refractivity contribution in [2.45, 2.75) is 17.9 Å². The molecule has 1 N–H and O–H groups in total. The average Bonchev–Trinajstić information content (AvgIpc) is 2.60. The zero-order valence-corrected chi connectivity index (χ0v) is 13.6. The van der Waals surface area contributed by atoms with Gasteiger partial charge in [0.2, 0.25) is 11.9 Å². The fraction of sp³-hybridized carbons (Fsp3) is 0.167. The number of aromatic nitrogens is 2. The highest BCUT2D eigenvalue weighted by Gasteiger charge is 2.15. The number of fused-ring (bicyclic) bond motifs is 1. The van der Waals surface area contributed by atoms with Crippen LogP contribution >= 0.6 is 11.8 Å². The van der Waals surface area contributed by atoms with E-state index in [1.165, 1.54) is 16.3 Å². The highest BCUT2D eigenvalue weighted by Crippen LogP contribution is 2.25. The quantitative estimate of drug-likeness (QED) is 0.774. The zero-order valence-electron chi connectivity index (χ0n) is 12.8. The Morgan fingerprint density at radius 3 is 2.65 bits per heavy atom. The summed E-state index contributed by atoms with van der Waals surface area (Å²) in [4.78, 5) is 20.2. The summed E-state index contributed by atoms with van der Waals surface area (Å²) < 4.78 is 0. The SMILES string of the molecule is C[C@H](SCc1cccc2ccccc12)C(=O)Nc1ncccn1. The van der Waals surface area contributed by atoms with Crippen LogP contribution in [0.25, 0.3) is 10.8 Å². The smallest absolute Gasteiger partial charge is 0.239 e. The Morgan fingerprint density at radius 2 is 1.83 bits per heavy atom. The molecular formula is C18H17N3OS. The molecule has 116 valence electrons. The first-order valence-corrected chi connectivity index (χ1v) is 8.45. The van der Waals surface area contributed by atoms with Crippen molar-refractivity contribution in [3.8, 4) is 0 Å². The minimum absolute atomic E-state index is 0.0820. The maximum atomic E-state index is 12.2. The largest absolute Gasteiger partial charge is 0.294 e. The van der Waals surface area contributed by atoms with E-state index in [0.29, 0.717) is 5.95 Å². The van der Waals surface area contributed by atoms with Gasteiger partial charge in [-0.1, -0.05) is 42.5 Å². The summed E-state index contributed by atoms with van der Waals surface area (Å²) in [6.07, 6.45) is 3.22. The second-order valence-corrected chi connectivity index (χ2v) is 6.48. The first kappa shape index (κ1) is 15.5. The predicted molar refractivity (Wildman–Crippen MR) is 95.4 cm³/mol. The second-order valence-electron chi connectivity index (χ2n) is 5.15. The Labute approximate surface area is 139 Å². The Bertz CT molecular complexity index is 802. The number of benzene rings is 2. The van der Waals surface area contributed by atoms with E-state index in [0.717, 1.165) is 5.75 Å². The lowest BCUT2D eigenvalue weighted by molar-refractivity contribution is -0.115. The summed E-state index contributed by atoms with van der Waals surface area (Å²) in [7, 11) is 0. The summed E-state index contributed by atoms with van der Waals surface area (Å²) >= 11 is 1.60. The van der Waals surface area contributed by atoms with Gasteiger partial charge in [-0.2, -0.15) is 0 Å². The molecule has 0 saturated heterocycles. The van der Waals surface area contributed by atoms with Gasteiger partial charge < -0.3 is 0 Å². The molecule has 1 atom stereocenters. The van der Waals surface area contributed by atoms with Crippen LogP contribution in [-0.4, -0.2) is 21.1 Å². The topological polar surface area (TPSA) is 54.9 Å². The first-order chi connectivity index (χ1) is 11.2. The zero-order chi connectivity index (χ0) is 16.1. The monoisotopic (exact) mass is 323 g/mol. The van der Waals surface area contributed by atoms with Crippen molar-refractivity contribution in [1.82, 2.24) is 9.97 Å². The van der Waals surface area contributed by atoms with Crippen LogP contribution in [0.4, 0.5) is 5.95 Å². The van der Waals surface area contributed by atoms with E-state index in [1.807, 2.05) is 19.1 Å². The molecular weight excluding hydrogens is 306 g/mol. The first-order valence-electron chi connectivity index (χ1n) is 7.40. The molecule has 3 aromatic rings. The van der Waals surface area contributed by atoms with E-state index in [1.54, 1.807) is 30.2 Å². The summed E-state index contributed by atoms with van der Waals surface area (Å²) in [6, 6.07) is 16.3. The van der Waals surface area contributed by atoms with E-state index in [4.69, 9.17) is 0 Å². The molecule has 3 rings (SSSR count). The van der Waals surface area contributed by atoms with Crippen molar-refractivity contribution < 1.29 is 4.79 Å².